The Morgan fingerprint density at radius 2 is 0.615 bits per heavy atom. The Labute approximate surface area is 395 Å². The van der Waals surface area contributed by atoms with Gasteiger partial charge in [-0.1, -0.05) is 103 Å². The molecule has 0 heterocycles. The highest BCUT2D eigenvalue weighted by molar-refractivity contribution is 14.1. The number of carbonyl (C=O) groups excluding carboxylic acids is 2. The Morgan fingerprint density at radius 1 is 0.365 bits per heavy atom. The lowest BCUT2D eigenvalue weighted by Gasteiger charge is -2.11. The highest BCUT2D eigenvalue weighted by Gasteiger charge is 2.10. The van der Waals surface area contributed by atoms with Crippen molar-refractivity contribution in [2.45, 2.75) is 141 Å². The lowest BCUT2D eigenvalue weighted by molar-refractivity contribution is -0.152. The molecule has 294 valence electrons. The van der Waals surface area contributed by atoms with Crippen LogP contribution in [0.2, 0.25) is 0 Å². The molecule has 0 radical (unpaired) electrons. The Bertz CT molecular complexity index is 1150. The zero-order valence-electron chi connectivity index (χ0n) is 30.4. The molecule has 12 heteroatoms. The first-order valence-electron chi connectivity index (χ1n) is 19.0. The second kappa shape index (κ2) is 32.3. The molecule has 52 heavy (non-hydrogen) atoms. The molecule has 0 N–H and O–H groups in total. The number of benzene rings is 2. The average molecular weight is 1390 g/mol. The molecule has 0 unspecified atom stereocenters. The molecule has 0 aliphatic heterocycles. The van der Waals surface area contributed by atoms with E-state index in [9.17, 15) is 9.59 Å². The number of hydrogen-bond donors (Lipinski definition) is 0. The van der Waals surface area contributed by atoms with E-state index in [0.717, 1.165) is 76.1 Å². The third kappa shape index (κ3) is 24.9. The molecule has 0 atom stereocenters. The van der Waals surface area contributed by atoms with Gasteiger partial charge in [-0.3, -0.25) is 9.59 Å². The van der Waals surface area contributed by atoms with Gasteiger partial charge in [0, 0.05) is 20.0 Å². The van der Waals surface area contributed by atoms with Gasteiger partial charge in [0.25, 0.3) is 0 Å². The van der Waals surface area contributed by atoms with Crippen LogP contribution in [0.4, 0.5) is 0 Å². The lowest BCUT2D eigenvalue weighted by Crippen LogP contribution is -2.13. The highest BCUT2D eigenvalue weighted by atomic mass is 127. The van der Waals surface area contributed by atoms with E-state index in [-0.39, 0.29) is 25.2 Å². The first kappa shape index (κ1) is 49.5. The Morgan fingerprint density at radius 3 is 0.904 bits per heavy atom. The summed E-state index contributed by atoms with van der Waals surface area (Å²) in [6, 6.07) is 8.63. The Hall–Kier alpha value is 1.36. The highest BCUT2D eigenvalue weighted by Crippen LogP contribution is 2.31. The van der Waals surface area contributed by atoms with Gasteiger partial charge >= 0.3 is 11.9 Å². The van der Waals surface area contributed by atoms with E-state index in [4.69, 9.17) is 18.9 Å². The summed E-state index contributed by atoms with van der Waals surface area (Å²) in [6.07, 6.45) is 24.3. The van der Waals surface area contributed by atoms with Crippen molar-refractivity contribution in [1.29, 1.82) is 0 Å². The number of hydrogen-bond acceptors (Lipinski definition) is 6. The van der Waals surface area contributed by atoms with Gasteiger partial charge in [0.05, 0.1) is 27.5 Å². The fraction of sp³-hybridized carbons (Fsp3) is 0.650. The van der Waals surface area contributed by atoms with Gasteiger partial charge in [-0.25, -0.2) is 0 Å². The molecule has 2 rings (SSSR count). The van der Waals surface area contributed by atoms with Crippen LogP contribution < -0.4 is 9.47 Å². The number of esters is 2. The van der Waals surface area contributed by atoms with Gasteiger partial charge < -0.3 is 18.9 Å². The van der Waals surface area contributed by atoms with Crippen LogP contribution in [0.15, 0.2) is 24.3 Å². The van der Waals surface area contributed by atoms with Gasteiger partial charge in [-0.15, -0.1) is 0 Å². The maximum atomic E-state index is 12.0. The van der Waals surface area contributed by atoms with Crippen molar-refractivity contribution in [3.8, 4) is 11.5 Å². The van der Waals surface area contributed by atoms with Gasteiger partial charge in [-0.2, -0.15) is 0 Å². The summed E-state index contributed by atoms with van der Waals surface area (Å²) in [5, 5.41) is 0. The third-order valence-electron chi connectivity index (χ3n) is 8.58. The minimum Gasteiger partial charge on any atom is -0.491 e. The van der Waals surface area contributed by atoms with Crippen molar-refractivity contribution in [3.05, 3.63) is 45.7 Å². The summed E-state index contributed by atoms with van der Waals surface area (Å²) >= 11 is 14.1. The van der Waals surface area contributed by atoms with Crippen LogP contribution >= 0.6 is 136 Å². The summed E-state index contributed by atoms with van der Waals surface area (Å²) in [5.41, 5.74) is 0. The molecule has 0 saturated heterocycles. The zero-order valence-corrected chi connectivity index (χ0v) is 43.4. The van der Waals surface area contributed by atoms with Crippen LogP contribution in [0.5, 0.6) is 11.5 Å². The van der Waals surface area contributed by atoms with Gasteiger partial charge in [0.15, 0.2) is 0 Å². The molecule has 2 aromatic carbocycles. The van der Waals surface area contributed by atoms with E-state index in [1.807, 2.05) is 0 Å². The second-order valence-electron chi connectivity index (χ2n) is 13.1. The molecule has 6 nitrogen and oxygen atoms in total. The minimum absolute atomic E-state index is 0.152. The molecule has 0 fully saturated rings. The summed E-state index contributed by atoms with van der Waals surface area (Å²) < 4.78 is 29.8. The molecule has 0 saturated carbocycles. The van der Waals surface area contributed by atoms with Crippen molar-refractivity contribution >= 4 is 147 Å². The smallest absolute Gasteiger partial charge is 0.305 e. The molecule has 0 aromatic heterocycles. The molecule has 0 aliphatic carbocycles. The Balaban J connectivity index is 1.26. The second-order valence-corrected chi connectivity index (χ2v) is 20.2. The molecule has 0 aliphatic rings. The fourth-order valence-corrected chi connectivity index (χ4v) is 13.5. The number of halogens is 6. The topological polar surface area (TPSA) is 71.1 Å². The number of carbonyl (C=O) groups is 2. The van der Waals surface area contributed by atoms with Crippen LogP contribution in [0.3, 0.4) is 0 Å². The number of ether oxygens (including phenoxy) is 4. The fourth-order valence-electron chi connectivity index (χ4n) is 5.71. The third-order valence-corrected chi connectivity index (χ3v) is 13.0. The maximum absolute atomic E-state index is 12.0. The van der Waals surface area contributed by atoms with E-state index in [1.54, 1.807) is 0 Å². The van der Waals surface area contributed by atoms with Crippen molar-refractivity contribution in [1.82, 2.24) is 0 Å². The van der Waals surface area contributed by atoms with E-state index < -0.39 is 0 Å². The predicted molar refractivity (Wildman–Crippen MR) is 264 cm³/mol. The van der Waals surface area contributed by atoms with Crippen molar-refractivity contribution in [3.63, 3.8) is 0 Å². The molecular formula is C40H56I6O6. The summed E-state index contributed by atoms with van der Waals surface area (Å²) in [7, 11) is 0. The van der Waals surface area contributed by atoms with Crippen molar-refractivity contribution < 1.29 is 28.5 Å². The maximum Gasteiger partial charge on any atom is 0.305 e. The van der Waals surface area contributed by atoms with Crippen molar-refractivity contribution in [2.24, 2.45) is 0 Å². The van der Waals surface area contributed by atoms with Crippen molar-refractivity contribution in [2.75, 3.05) is 26.4 Å². The molecule has 0 amide bonds. The number of rotatable bonds is 31. The Kier molecular flexibility index (Phi) is 30.8. The monoisotopic (exact) mass is 1390 g/mol. The average Bonchev–Trinajstić information content (AvgIpc) is 3.09. The SMILES string of the molecule is O=C(CCCCCCCCCCCCOc1c(I)cc(I)cc1I)OCCOC(=O)CCCCCCCCCCCCOc1c(I)cc(I)cc1I. The zero-order chi connectivity index (χ0) is 37.8. The first-order chi connectivity index (χ1) is 25.2. The normalized spacial score (nSPS) is 11.1. The summed E-state index contributed by atoms with van der Waals surface area (Å²) in [4.78, 5) is 24.0. The quantitative estimate of drug-likeness (QED) is 0.0426. The van der Waals surface area contributed by atoms with Crippen LogP contribution in [-0.2, 0) is 19.1 Å². The van der Waals surface area contributed by atoms with Gasteiger partial charge in [0.1, 0.15) is 24.7 Å². The van der Waals surface area contributed by atoms with Crippen LogP contribution in [0.1, 0.15) is 141 Å². The molecule has 0 spiro atoms. The number of unbranched alkanes of at least 4 members (excludes halogenated alkanes) is 18. The first-order valence-corrected chi connectivity index (χ1v) is 25.5. The molecule has 0 bridgehead atoms. The minimum atomic E-state index is -0.192. The van der Waals surface area contributed by atoms with Crippen LogP contribution in [-0.4, -0.2) is 38.4 Å². The summed E-state index contributed by atoms with van der Waals surface area (Å²) in [6.45, 7) is 1.88. The standard InChI is InChI=1S/C40H56I6O6/c41-31-27-33(43)39(34(44)28-31)51-23-19-15-11-7-3-1-5-9-13-17-21-37(47)49-25-26-50-38(48)22-18-14-10-6-2-4-8-12-16-20-24-52-40-35(45)29-32(42)30-36(40)46/h27-30H,1-26H2. The van der Waals surface area contributed by atoms with Crippen LogP contribution in [0.25, 0.3) is 0 Å². The van der Waals surface area contributed by atoms with Gasteiger partial charge in [0.2, 0.25) is 0 Å². The largest absolute Gasteiger partial charge is 0.491 e. The van der Waals surface area contributed by atoms with E-state index >= 15 is 0 Å². The molecule has 2 aromatic rings. The van der Waals surface area contributed by atoms with E-state index in [1.165, 1.54) is 98.5 Å². The summed E-state index contributed by atoms with van der Waals surface area (Å²) in [5.74, 6) is 1.67. The van der Waals surface area contributed by atoms with Crippen LogP contribution in [0, 0.1) is 21.4 Å². The predicted octanol–water partition coefficient (Wildman–Crippen LogP) is 14.4. The van der Waals surface area contributed by atoms with E-state index in [0.29, 0.717) is 12.8 Å². The van der Waals surface area contributed by atoms with Gasteiger partial charge in [-0.05, 0) is 185 Å². The van der Waals surface area contributed by atoms with E-state index in [2.05, 4.69) is 160 Å². The lowest BCUT2D eigenvalue weighted by atomic mass is 10.1. The molecular weight excluding hydrogens is 1340 g/mol.